The number of anilines is 1. The summed E-state index contributed by atoms with van der Waals surface area (Å²) < 4.78 is 64.5. The van der Waals surface area contributed by atoms with Crippen molar-refractivity contribution in [1.82, 2.24) is 10.3 Å². The number of nitrogens with zero attached hydrogens (tertiary/aromatic N) is 1. The van der Waals surface area contributed by atoms with Crippen LogP contribution in [0.25, 0.3) is 0 Å². The molecule has 0 atom stereocenters. The van der Waals surface area contributed by atoms with E-state index in [1.165, 1.54) is 0 Å². The van der Waals surface area contributed by atoms with E-state index < -0.39 is 51.8 Å². The van der Waals surface area contributed by atoms with E-state index >= 15 is 0 Å². The number of urea groups is 1. The Morgan fingerprint density at radius 1 is 1.04 bits per heavy atom. The van der Waals surface area contributed by atoms with Crippen LogP contribution in [0.3, 0.4) is 0 Å². The molecule has 132 valence electrons. The summed E-state index contributed by atoms with van der Waals surface area (Å²) in [6.07, 6.45) is -4.73. The smallest absolute Gasteiger partial charge is 0.292 e. The molecular weight excluding hydrogens is 373 g/mol. The highest BCUT2D eigenvalue weighted by molar-refractivity contribution is 6.30. The second kappa shape index (κ2) is 7.01. The Balaban J connectivity index is 2.10. The van der Waals surface area contributed by atoms with E-state index in [9.17, 15) is 31.5 Å². The highest BCUT2D eigenvalue weighted by Gasteiger charge is 2.34. The number of hydrogen-bond donors (Lipinski definition) is 2. The van der Waals surface area contributed by atoms with Gasteiger partial charge in [-0.15, -0.1) is 0 Å². The van der Waals surface area contributed by atoms with E-state index in [1.807, 2.05) is 5.32 Å². The second-order valence-electron chi connectivity index (χ2n) is 4.54. The number of imide groups is 1. The quantitative estimate of drug-likeness (QED) is 0.612. The van der Waals surface area contributed by atoms with E-state index in [-0.39, 0.29) is 0 Å². The molecule has 5 nitrogen and oxygen atoms in total. The first-order valence-corrected chi connectivity index (χ1v) is 6.77. The van der Waals surface area contributed by atoms with Gasteiger partial charge in [0.1, 0.15) is 28.2 Å². The molecule has 0 saturated carbocycles. The lowest BCUT2D eigenvalue weighted by Gasteiger charge is -2.10. The number of amides is 3. The number of pyridine rings is 1. The molecule has 0 aliphatic carbocycles. The molecule has 25 heavy (non-hydrogen) atoms. The van der Waals surface area contributed by atoms with Gasteiger partial charge in [0, 0.05) is 0 Å². The predicted molar refractivity (Wildman–Crippen MR) is 77.1 cm³/mol. The van der Waals surface area contributed by atoms with E-state index in [2.05, 4.69) is 4.98 Å². The van der Waals surface area contributed by atoms with Crippen LogP contribution >= 0.6 is 11.6 Å². The third kappa shape index (κ3) is 4.41. The fraction of sp³-hybridized carbons (Fsp3) is 0.0714. The van der Waals surface area contributed by atoms with Crippen molar-refractivity contribution in [2.45, 2.75) is 6.18 Å². The lowest BCUT2D eigenvalue weighted by Crippen LogP contribution is -2.35. The van der Waals surface area contributed by atoms with Crippen molar-refractivity contribution in [1.29, 1.82) is 0 Å². The molecule has 0 unspecified atom stereocenters. The van der Waals surface area contributed by atoms with Crippen LogP contribution in [-0.4, -0.2) is 16.9 Å². The van der Waals surface area contributed by atoms with Gasteiger partial charge in [-0.1, -0.05) is 17.7 Å². The first kappa shape index (κ1) is 18.6. The van der Waals surface area contributed by atoms with Gasteiger partial charge in [0.25, 0.3) is 5.91 Å². The molecule has 0 bridgehead atoms. The Bertz CT molecular complexity index is 821. The third-order valence-corrected chi connectivity index (χ3v) is 3.10. The lowest BCUT2D eigenvalue weighted by molar-refractivity contribution is -0.137. The number of nitrogens with one attached hydrogen (secondary N) is 2. The molecule has 0 aliphatic rings. The minimum Gasteiger partial charge on any atom is -0.292 e. The number of rotatable bonds is 2. The maximum atomic E-state index is 13.4. The van der Waals surface area contributed by atoms with Gasteiger partial charge in [-0.25, -0.2) is 18.6 Å². The van der Waals surface area contributed by atoms with Gasteiger partial charge in [0.05, 0.1) is 5.56 Å². The largest absolute Gasteiger partial charge is 0.419 e. The number of hydrogen-bond acceptors (Lipinski definition) is 3. The Labute approximate surface area is 141 Å². The average molecular weight is 380 g/mol. The summed E-state index contributed by atoms with van der Waals surface area (Å²) in [6, 6.07) is 2.75. The first-order chi connectivity index (χ1) is 11.6. The number of halogens is 6. The summed E-state index contributed by atoms with van der Waals surface area (Å²) in [5.41, 5.74) is -2.21. The summed E-state index contributed by atoms with van der Waals surface area (Å²) in [6.45, 7) is 0. The van der Waals surface area contributed by atoms with E-state index in [0.29, 0.717) is 6.07 Å². The van der Waals surface area contributed by atoms with Crippen molar-refractivity contribution in [3.8, 4) is 0 Å². The average Bonchev–Trinajstić information content (AvgIpc) is 2.45. The predicted octanol–water partition coefficient (Wildman–Crippen LogP) is 3.99. The number of alkyl halides is 3. The molecule has 0 radical (unpaired) electrons. The van der Waals surface area contributed by atoms with Crippen LogP contribution in [0.1, 0.15) is 15.9 Å². The Morgan fingerprint density at radius 2 is 1.64 bits per heavy atom. The van der Waals surface area contributed by atoms with Crippen LogP contribution in [-0.2, 0) is 6.18 Å². The molecule has 1 heterocycles. The summed E-state index contributed by atoms with van der Waals surface area (Å²) in [7, 11) is 0. The molecule has 0 aliphatic heterocycles. The Kier molecular flexibility index (Phi) is 5.21. The van der Waals surface area contributed by atoms with Crippen molar-refractivity contribution in [3.05, 3.63) is 58.2 Å². The summed E-state index contributed by atoms with van der Waals surface area (Å²) in [5, 5.41) is 2.62. The summed E-state index contributed by atoms with van der Waals surface area (Å²) in [5.74, 6) is -4.18. The fourth-order valence-corrected chi connectivity index (χ4v) is 2.00. The van der Waals surface area contributed by atoms with E-state index in [0.717, 1.165) is 24.3 Å². The van der Waals surface area contributed by atoms with Crippen LogP contribution in [0.4, 0.5) is 32.6 Å². The minimum atomic E-state index is -4.73. The topological polar surface area (TPSA) is 71.1 Å². The standard InChI is InChI=1S/C14H7ClF5N3O2/c15-11-6(14(18,19)20)4-5-9(21-11)22-13(25)23-12(24)10-7(16)2-1-3-8(10)17/h1-5H,(H2,21,22,23,24,25). The van der Waals surface area contributed by atoms with Gasteiger partial charge in [0.15, 0.2) is 0 Å². The first-order valence-electron chi connectivity index (χ1n) is 6.39. The third-order valence-electron chi connectivity index (χ3n) is 2.81. The maximum Gasteiger partial charge on any atom is 0.419 e. The number of benzene rings is 1. The molecule has 0 fully saturated rings. The van der Waals surface area contributed by atoms with Crippen LogP contribution < -0.4 is 10.6 Å². The second-order valence-corrected chi connectivity index (χ2v) is 4.90. The molecule has 2 N–H and O–H groups in total. The van der Waals surface area contributed by atoms with Crippen molar-refractivity contribution >= 4 is 29.4 Å². The zero-order valence-electron chi connectivity index (χ0n) is 11.9. The zero-order valence-corrected chi connectivity index (χ0v) is 12.7. The van der Waals surface area contributed by atoms with Gasteiger partial charge < -0.3 is 0 Å². The summed E-state index contributed by atoms with van der Waals surface area (Å²) in [4.78, 5) is 26.6. The molecule has 2 aromatic rings. The van der Waals surface area contributed by atoms with Crippen LogP contribution in [0.5, 0.6) is 0 Å². The molecular formula is C14H7ClF5N3O2. The van der Waals surface area contributed by atoms with Gasteiger partial charge >= 0.3 is 12.2 Å². The molecule has 3 amide bonds. The number of aromatic nitrogens is 1. The van der Waals surface area contributed by atoms with Gasteiger partial charge in [-0.05, 0) is 24.3 Å². The molecule has 1 aromatic heterocycles. The highest BCUT2D eigenvalue weighted by atomic mass is 35.5. The molecule has 11 heteroatoms. The van der Waals surface area contributed by atoms with Gasteiger partial charge in [-0.3, -0.25) is 15.4 Å². The number of carbonyl (C=O) groups is 2. The minimum absolute atomic E-state index is 0.405. The number of carbonyl (C=O) groups excluding carboxylic acids is 2. The van der Waals surface area contributed by atoms with Crippen molar-refractivity contribution < 1.29 is 31.5 Å². The molecule has 2 rings (SSSR count). The Hall–Kier alpha value is -2.75. The van der Waals surface area contributed by atoms with E-state index in [1.54, 1.807) is 5.32 Å². The van der Waals surface area contributed by atoms with Crippen molar-refractivity contribution in [3.63, 3.8) is 0 Å². The monoisotopic (exact) mass is 379 g/mol. The lowest BCUT2D eigenvalue weighted by atomic mass is 10.2. The van der Waals surface area contributed by atoms with E-state index in [4.69, 9.17) is 11.6 Å². The zero-order chi connectivity index (χ0) is 18.8. The van der Waals surface area contributed by atoms with Crippen molar-refractivity contribution in [2.24, 2.45) is 0 Å². The SMILES string of the molecule is O=C(NC(=O)c1c(F)cccc1F)Nc1ccc(C(F)(F)F)c(Cl)n1. The van der Waals surface area contributed by atoms with Crippen LogP contribution in [0.2, 0.25) is 5.15 Å². The Morgan fingerprint density at radius 3 is 2.16 bits per heavy atom. The van der Waals surface area contributed by atoms with Gasteiger partial charge in [0.2, 0.25) is 0 Å². The normalized spacial score (nSPS) is 11.1. The van der Waals surface area contributed by atoms with Crippen LogP contribution in [0, 0.1) is 11.6 Å². The maximum absolute atomic E-state index is 13.4. The van der Waals surface area contributed by atoms with Crippen molar-refractivity contribution in [2.75, 3.05) is 5.32 Å². The molecule has 0 saturated heterocycles. The van der Waals surface area contributed by atoms with Crippen LogP contribution in [0.15, 0.2) is 30.3 Å². The molecule has 1 aromatic carbocycles. The fourth-order valence-electron chi connectivity index (χ4n) is 1.74. The highest BCUT2D eigenvalue weighted by Crippen LogP contribution is 2.34. The summed E-state index contributed by atoms with van der Waals surface area (Å²) >= 11 is 5.37. The van der Waals surface area contributed by atoms with Gasteiger partial charge in [-0.2, -0.15) is 13.2 Å². The molecule has 0 spiro atoms.